The molecule has 3 N–H and O–H groups in total. The minimum absolute atomic E-state index is 0.0652. The zero-order valence-corrected chi connectivity index (χ0v) is 17.2. The van der Waals surface area contributed by atoms with E-state index >= 15 is 0 Å². The predicted octanol–water partition coefficient (Wildman–Crippen LogP) is 3.84. The molecule has 2 rings (SSSR count). The lowest BCUT2D eigenvalue weighted by molar-refractivity contribution is -0.137. The SMILES string of the molecule is [B]C[C@@H]1CC(O)[C@H](C/C=C\CCCC(=O)O)[C@H]1/C=C/[C@@H](O)CCc1ccc(C)o1. The van der Waals surface area contributed by atoms with Crippen molar-refractivity contribution >= 4 is 13.8 Å². The maximum atomic E-state index is 10.5. The van der Waals surface area contributed by atoms with Crippen LogP contribution in [0.3, 0.4) is 0 Å². The number of carboxylic acids is 1. The van der Waals surface area contributed by atoms with Crippen molar-refractivity contribution in [3.8, 4) is 0 Å². The molecule has 0 amide bonds. The number of aryl methyl sites for hydroxylation is 2. The fraction of sp³-hybridized carbons (Fsp3) is 0.609. The van der Waals surface area contributed by atoms with Gasteiger partial charge in [-0.1, -0.05) is 30.6 Å². The van der Waals surface area contributed by atoms with Crippen LogP contribution in [-0.2, 0) is 11.2 Å². The maximum absolute atomic E-state index is 10.5. The van der Waals surface area contributed by atoms with E-state index in [4.69, 9.17) is 17.4 Å². The van der Waals surface area contributed by atoms with Gasteiger partial charge in [0.1, 0.15) is 11.5 Å². The third kappa shape index (κ3) is 7.86. The molecule has 0 aliphatic heterocycles. The number of hydrogen-bond donors (Lipinski definition) is 3. The summed E-state index contributed by atoms with van der Waals surface area (Å²) >= 11 is 0. The van der Waals surface area contributed by atoms with E-state index in [2.05, 4.69) is 0 Å². The Morgan fingerprint density at radius 3 is 2.83 bits per heavy atom. The van der Waals surface area contributed by atoms with Crippen molar-refractivity contribution in [2.75, 3.05) is 0 Å². The standard InChI is InChI=1S/C23H33BO5/c1-16-8-11-19(29-16)12-9-18(25)10-13-20-17(15-24)14-22(26)21(20)6-4-2-3-5-7-23(27)28/h2,4,8,10-11,13,17-18,20-22,25-26H,3,5-7,9,12,14-15H2,1H3,(H,27,28)/b4-2-,13-10+/t17-,18-,20-,21+,22?/m0/s1. The molecule has 1 aromatic heterocycles. The first-order valence-corrected chi connectivity index (χ1v) is 10.6. The van der Waals surface area contributed by atoms with Crippen molar-refractivity contribution in [3.05, 3.63) is 48.0 Å². The average molecular weight is 400 g/mol. The van der Waals surface area contributed by atoms with Crippen LogP contribution < -0.4 is 0 Å². The Hall–Kier alpha value is -1.79. The van der Waals surface area contributed by atoms with Crippen LogP contribution in [0.5, 0.6) is 0 Å². The van der Waals surface area contributed by atoms with Gasteiger partial charge in [0.05, 0.1) is 20.1 Å². The summed E-state index contributed by atoms with van der Waals surface area (Å²) in [6, 6.07) is 3.85. The molecule has 158 valence electrons. The van der Waals surface area contributed by atoms with Crippen molar-refractivity contribution in [3.63, 3.8) is 0 Å². The van der Waals surface area contributed by atoms with Gasteiger partial charge in [-0.25, -0.2) is 0 Å². The molecule has 0 bridgehead atoms. The number of carbonyl (C=O) groups is 1. The lowest BCUT2D eigenvalue weighted by Gasteiger charge is -2.21. The minimum atomic E-state index is -0.777. The Kier molecular flexibility index (Phi) is 9.75. The lowest BCUT2D eigenvalue weighted by Crippen LogP contribution is -2.19. The molecular formula is C23H33BO5. The number of hydrogen-bond acceptors (Lipinski definition) is 4. The summed E-state index contributed by atoms with van der Waals surface area (Å²) in [5.74, 6) is 1.36. The quantitative estimate of drug-likeness (QED) is 0.282. The zero-order chi connectivity index (χ0) is 21.2. The summed E-state index contributed by atoms with van der Waals surface area (Å²) in [6.07, 6.45) is 11.6. The number of carboxylic acid groups (broad SMARTS) is 1. The molecule has 1 saturated carbocycles. The number of furan rings is 1. The van der Waals surface area contributed by atoms with Gasteiger partial charge in [0, 0.05) is 12.8 Å². The van der Waals surface area contributed by atoms with Gasteiger partial charge in [-0.3, -0.25) is 4.79 Å². The van der Waals surface area contributed by atoms with E-state index in [-0.39, 0.29) is 24.2 Å². The predicted molar refractivity (Wildman–Crippen MR) is 114 cm³/mol. The first-order chi connectivity index (χ1) is 13.9. The number of aliphatic hydroxyl groups excluding tert-OH is 2. The second kappa shape index (κ2) is 12.0. The molecule has 1 aromatic rings. The molecule has 29 heavy (non-hydrogen) atoms. The second-order valence-corrected chi connectivity index (χ2v) is 8.04. The van der Waals surface area contributed by atoms with Gasteiger partial charge in [0.15, 0.2) is 0 Å². The van der Waals surface area contributed by atoms with E-state index in [0.29, 0.717) is 32.0 Å². The summed E-state index contributed by atoms with van der Waals surface area (Å²) in [4.78, 5) is 10.5. The largest absolute Gasteiger partial charge is 0.481 e. The van der Waals surface area contributed by atoms with Gasteiger partial charge in [-0.2, -0.15) is 0 Å². The Balaban J connectivity index is 1.86. The summed E-state index contributed by atoms with van der Waals surface area (Å²) in [5, 5.41) is 29.5. The average Bonchev–Trinajstić information content (AvgIpc) is 3.23. The molecule has 6 heteroatoms. The third-order valence-corrected chi connectivity index (χ3v) is 5.75. The molecular weight excluding hydrogens is 367 g/mol. The lowest BCUT2D eigenvalue weighted by atomic mass is 9.80. The number of allylic oxidation sites excluding steroid dienone is 3. The van der Waals surface area contributed by atoms with E-state index in [1.165, 1.54) is 0 Å². The van der Waals surface area contributed by atoms with Crippen molar-refractivity contribution in [2.24, 2.45) is 17.8 Å². The molecule has 1 aliphatic rings. The first kappa shape index (κ1) is 23.5. The van der Waals surface area contributed by atoms with Crippen molar-refractivity contribution in [2.45, 2.75) is 70.4 Å². The van der Waals surface area contributed by atoms with E-state index < -0.39 is 18.2 Å². The Bertz CT molecular complexity index is 681. The van der Waals surface area contributed by atoms with Crippen LogP contribution in [0, 0.1) is 24.7 Å². The monoisotopic (exact) mass is 400 g/mol. The molecule has 5 atom stereocenters. The highest BCUT2D eigenvalue weighted by molar-refractivity contribution is 6.08. The van der Waals surface area contributed by atoms with E-state index in [1.807, 2.05) is 43.4 Å². The number of rotatable bonds is 12. The topological polar surface area (TPSA) is 90.9 Å². The molecule has 2 radical (unpaired) electrons. The summed E-state index contributed by atoms with van der Waals surface area (Å²) in [6.45, 7) is 1.90. The van der Waals surface area contributed by atoms with Crippen LogP contribution in [-0.4, -0.2) is 41.3 Å². The van der Waals surface area contributed by atoms with Crippen molar-refractivity contribution in [1.29, 1.82) is 0 Å². The number of aliphatic carboxylic acids is 1. The van der Waals surface area contributed by atoms with Gasteiger partial charge in [-0.05, 0) is 68.9 Å². The Labute approximate surface area is 174 Å². The van der Waals surface area contributed by atoms with Crippen LogP contribution in [0.2, 0.25) is 6.32 Å². The normalized spacial score (nSPS) is 25.9. The molecule has 5 nitrogen and oxygen atoms in total. The first-order valence-electron chi connectivity index (χ1n) is 10.6. The van der Waals surface area contributed by atoms with E-state index in [1.54, 1.807) is 0 Å². The van der Waals surface area contributed by atoms with Crippen molar-refractivity contribution in [1.82, 2.24) is 0 Å². The second-order valence-electron chi connectivity index (χ2n) is 8.04. The van der Waals surface area contributed by atoms with Gasteiger partial charge in [0.2, 0.25) is 0 Å². The smallest absolute Gasteiger partial charge is 0.303 e. The zero-order valence-electron chi connectivity index (χ0n) is 17.2. The summed E-state index contributed by atoms with van der Waals surface area (Å²) in [7, 11) is 5.92. The van der Waals surface area contributed by atoms with Crippen molar-refractivity contribution < 1.29 is 24.5 Å². The van der Waals surface area contributed by atoms with E-state index in [0.717, 1.165) is 24.4 Å². The Morgan fingerprint density at radius 1 is 1.38 bits per heavy atom. The molecule has 1 unspecified atom stereocenters. The molecule has 1 heterocycles. The van der Waals surface area contributed by atoms with Gasteiger partial charge < -0.3 is 19.7 Å². The fourth-order valence-electron chi connectivity index (χ4n) is 4.12. The van der Waals surface area contributed by atoms with Crippen LogP contribution in [0.4, 0.5) is 0 Å². The molecule has 0 saturated heterocycles. The van der Waals surface area contributed by atoms with E-state index in [9.17, 15) is 15.0 Å². The Morgan fingerprint density at radius 2 is 2.17 bits per heavy atom. The summed E-state index contributed by atoms with van der Waals surface area (Å²) in [5.41, 5.74) is 0. The van der Waals surface area contributed by atoms with Gasteiger partial charge in [0.25, 0.3) is 0 Å². The number of unbranched alkanes of at least 4 members (excludes halogenated alkanes) is 1. The highest BCUT2D eigenvalue weighted by Gasteiger charge is 2.39. The molecule has 1 aliphatic carbocycles. The van der Waals surface area contributed by atoms with Gasteiger partial charge in [-0.15, -0.1) is 0 Å². The molecule has 0 spiro atoms. The highest BCUT2D eigenvalue weighted by Crippen LogP contribution is 2.42. The van der Waals surface area contributed by atoms with Crippen LogP contribution in [0.25, 0.3) is 0 Å². The number of aliphatic hydroxyl groups is 2. The fourth-order valence-corrected chi connectivity index (χ4v) is 4.12. The maximum Gasteiger partial charge on any atom is 0.303 e. The molecule has 1 fully saturated rings. The van der Waals surface area contributed by atoms with Crippen LogP contribution in [0.1, 0.15) is 50.0 Å². The van der Waals surface area contributed by atoms with Gasteiger partial charge >= 0.3 is 5.97 Å². The van der Waals surface area contributed by atoms with Crippen LogP contribution >= 0.6 is 0 Å². The summed E-state index contributed by atoms with van der Waals surface area (Å²) < 4.78 is 5.54. The third-order valence-electron chi connectivity index (χ3n) is 5.75. The highest BCUT2D eigenvalue weighted by atomic mass is 16.4. The van der Waals surface area contributed by atoms with Crippen LogP contribution in [0.15, 0.2) is 40.9 Å². The molecule has 0 aromatic carbocycles. The minimum Gasteiger partial charge on any atom is -0.481 e.